The predicted octanol–water partition coefficient (Wildman–Crippen LogP) is 6.54. The van der Waals surface area contributed by atoms with Crippen LogP contribution >= 0.6 is 0 Å². The molecular weight excluding hydrogens is 502 g/mol. The number of carbonyl (C=O) groups excluding carboxylic acids is 3. The summed E-state index contributed by atoms with van der Waals surface area (Å²) >= 11 is 0. The number of terminal acetylenes is 1. The quantitative estimate of drug-likeness (QED) is 0.245. The number of ether oxygens (including phenoxy) is 1. The van der Waals surface area contributed by atoms with E-state index < -0.39 is 5.41 Å². The van der Waals surface area contributed by atoms with Crippen LogP contribution in [0.4, 0.5) is 0 Å². The highest BCUT2D eigenvalue weighted by atomic mass is 16.6. The van der Waals surface area contributed by atoms with Crippen molar-refractivity contribution in [2.75, 3.05) is 0 Å². The molecule has 5 aliphatic carbocycles. The van der Waals surface area contributed by atoms with Crippen LogP contribution in [0.1, 0.15) is 113 Å². The first kappa shape index (κ1) is 29.2. The number of rotatable bonds is 3. The molecule has 9 atom stereocenters. The first-order valence-electron chi connectivity index (χ1n) is 15.3. The fourth-order valence-corrected chi connectivity index (χ4v) is 11.0. The van der Waals surface area contributed by atoms with Gasteiger partial charge in [0.15, 0.2) is 5.78 Å². The average molecular weight is 552 g/mol. The van der Waals surface area contributed by atoms with Crippen molar-refractivity contribution in [1.82, 2.24) is 5.48 Å². The number of nitrogens with one attached hydrogen (secondary N) is 1. The van der Waals surface area contributed by atoms with E-state index in [-0.39, 0.29) is 62.7 Å². The van der Waals surface area contributed by atoms with Crippen LogP contribution in [0.3, 0.4) is 0 Å². The summed E-state index contributed by atoms with van der Waals surface area (Å²) in [5.41, 5.74) is 2.53. The second-order valence-electron chi connectivity index (χ2n) is 15.9. The number of fused-ring (bicyclic) bond motifs is 7. The molecule has 0 aromatic carbocycles. The van der Waals surface area contributed by atoms with Gasteiger partial charge in [0.25, 0.3) is 5.91 Å². The van der Waals surface area contributed by atoms with Crippen LogP contribution in [0.5, 0.6) is 0 Å². The Hall–Kier alpha value is -2.29. The van der Waals surface area contributed by atoms with E-state index in [0.717, 1.165) is 51.4 Å². The fraction of sp³-hybridized carbons (Fsp3) is 0.794. The van der Waals surface area contributed by atoms with Gasteiger partial charge in [0.1, 0.15) is 12.2 Å². The van der Waals surface area contributed by atoms with Crippen molar-refractivity contribution in [3.05, 3.63) is 11.6 Å². The topological polar surface area (TPSA) is 81.7 Å². The number of ketones is 1. The Kier molecular flexibility index (Phi) is 6.65. The number of carbonyl (C=O) groups is 3. The molecule has 0 saturated heterocycles. The highest BCUT2D eigenvalue weighted by Crippen LogP contribution is 2.75. The molecular formula is C34H49NO5. The molecule has 5 rings (SSSR count). The molecule has 5 aliphatic rings. The van der Waals surface area contributed by atoms with E-state index in [0.29, 0.717) is 12.3 Å². The highest BCUT2D eigenvalue weighted by Gasteiger charge is 2.70. The van der Waals surface area contributed by atoms with Crippen LogP contribution in [0.15, 0.2) is 11.6 Å². The smallest absolute Gasteiger partial charge is 0.302 e. The van der Waals surface area contributed by atoms with Crippen LogP contribution < -0.4 is 5.48 Å². The molecule has 0 aromatic heterocycles. The molecule has 1 N–H and O–H groups in total. The van der Waals surface area contributed by atoms with Crippen LogP contribution in [0.25, 0.3) is 0 Å². The third-order valence-electron chi connectivity index (χ3n) is 13.6. The molecule has 6 heteroatoms. The van der Waals surface area contributed by atoms with E-state index in [2.05, 4.69) is 47.0 Å². The number of esters is 1. The molecule has 0 bridgehead atoms. The van der Waals surface area contributed by atoms with Gasteiger partial charge in [0.05, 0.1) is 5.41 Å². The SMILES string of the molecule is C#CONC(=O)[C@@]1(C)CC[C@]2(C)CC[C@]3(C)C(=CC(=O)[C@@H]4[C@@]5(C)CC[C@H](OC(C)=O)C(C)(C)C5CC[C@]43C)[C@@H]2C1. The van der Waals surface area contributed by atoms with Crippen molar-refractivity contribution in [2.24, 2.45) is 50.2 Å². The Labute approximate surface area is 240 Å². The van der Waals surface area contributed by atoms with E-state index in [4.69, 9.17) is 16.0 Å². The van der Waals surface area contributed by atoms with Gasteiger partial charge in [-0.2, -0.15) is 5.48 Å². The summed E-state index contributed by atoms with van der Waals surface area (Å²) in [6, 6.07) is 0. The van der Waals surface area contributed by atoms with E-state index in [1.54, 1.807) is 0 Å². The van der Waals surface area contributed by atoms with Gasteiger partial charge < -0.3 is 9.57 Å². The van der Waals surface area contributed by atoms with Crippen molar-refractivity contribution >= 4 is 17.7 Å². The van der Waals surface area contributed by atoms with Crippen LogP contribution in [-0.2, 0) is 24.0 Å². The maximum absolute atomic E-state index is 14.5. The van der Waals surface area contributed by atoms with Crippen LogP contribution in [0, 0.1) is 62.8 Å². The zero-order valence-electron chi connectivity index (χ0n) is 25.9. The highest BCUT2D eigenvalue weighted by molar-refractivity contribution is 5.95. The lowest BCUT2D eigenvalue weighted by Crippen LogP contribution is -2.66. The summed E-state index contributed by atoms with van der Waals surface area (Å²) < 4.78 is 5.84. The van der Waals surface area contributed by atoms with Crippen molar-refractivity contribution in [2.45, 2.75) is 119 Å². The average Bonchev–Trinajstić information content (AvgIpc) is 2.86. The molecule has 0 radical (unpaired) electrons. The van der Waals surface area contributed by atoms with E-state index >= 15 is 0 Å². The molecule has 0 aliphatic heterocycles. The molecule has 220 valence electrons. The van der Waals surface area contributed by atoms with Gasteiger partial charge in [-0.15, -0.1) is 0 Å². The molecule has 0 aromatic rings. The van der Waals surface area contributed by atoms with Crippen molar-refractivity contribution < 1.29 is 24.0 Å². The monoisotopic (exact) mass is 551 g/mol. The summed E-state index contributed by atoms with van der Waals surface area (Å²) in [5.74, 6) is 0.249. The van der Waals surface area contributed by atoms with Crippen LogP contribution in [0.2, 0.25) is 0 Å². The number of hydrogen-bond donors (Lipinski definition) is 1. The van der Waals surface area contributed by atoms with Crippen molar-refractivity contribution in [3.8, 4) is 12.5 Å². The summed E-state index contributed by atoms with van der Waals surface area (Å²) in [5, 5.41) is 0. The van der Waals surface area contributed by atoms with Gasteiger partial charge in [-0.3, -0.25) is 14.4 Å². The summed E-state index contributed by atoms with van der Waals surface area (Å²) in [6.07, 6.45) is 17.4. The van der Waals surface area contributed by atoms with Gasteiger partial charge in [-0.1, -0.05) is 60.5 Å². The van der Waals surface area contributed by atoms with E-state index in [1.807, 2.05) is 19.1 Å². The third-order valence-corrected chi connectivity index (χ3v) is 13.6. The molecule has 1 amide bonds. The maximum atomic E-state index is 14.5. The molecule has 40 heavy (non-hydrogen) atoms. The molecule has 4 saturated carbocycles. The van der Waals surface area contributed by atoms with Crippen molar-refractivity contribution in [3.63, 3.8) is 0 Å². The van der Waals surface area contributed by atoms with Crippen LogP contribution in [-0.4, -0.2) is 23.8 Å². The Morgan fingerprint density at radius 1 is 0.975 bits per heavy atom. The normalized spacial score (nSPS) is 47.2. The molecule has 0 heterocycles. The lowest BCUT2D eigenvalue weighted by molar-refractivity contribution is -0.210. The first-order valence-corrected chi connectivity index (χ1v) is 15.3. The van der Waals surface area contributed by atoms with Gasteiger partial charge in [-0.25, -0.2) is 0 Å². The Morgan fingerprint density at radius 3 is 2.30 bits per heavy atom. The summed E-state index contributed by atoms with van der Waals surface area (Å²) in [7, 11) is 0. The number of allylic oxidation sites excluding steroid dienone is 2. The standard InChI is InChI=1S/C34H49NO5/c1-10-39-35-28(38)31(6)16-15-30(5)17-18-33(8)22(23(30)20-31)19-24(37)27-32(7)13-12-26(40-21(2)36)29(3,4)25(32)11-14-34(27,33)9/h1,19,23,25-27H,11-18,20H2,2-9H3,(H,35,38)/t23-,25?,26-,27+,30+,31-,32-,33+,34+/m0/s1. The van der Waals surface area contributed by atoms with Crippen molar-refractivity contribution in [1.29, 1.82) is 0 Å². The summed E-state index contributed by atoms with van der Waals surface area (Å²) in [4.78, 5) is 44.4. The van der Waals surface area contributed by atoms with Gasteiger partial charge in [0, 0.05) is 18.3 Å². The molecule has 4 fully saturated rings. The Bertz CT molecular complexity index is 1200. The van der Waals surface area contributed by atoms with Gasteiger partial charge >= 0.3 is 5.97 Å². The third kappa shape index (κ3) is 3.85. The predicted molar refractivity (Wildman–Crippen MR) is 153 cm³/mol. The zero-order chi connectivity index (χ0) is 29.5. The second kappa shape index (κ2) is 9.10. The number of hydroxylamine groups is 1. The number of hydrogen-bond acceptors (Lipinski definition) is 5. The largest absolute Gasteiger partial charge is 0.462 e. The minimum Gasteiger partial charge on any atom is -0.462 e. The van der Waals surface area contributed by atoms with Gasteiger partial charge in [0.2, 0.25) is 0 Å². The minimum atomic E-state index is -0.607. The molecule has 1 unspecified atom stereocenters. The van der Waals surface area contributed by atoms with E-state index in [1.165, 1.54) is 12.5 Å². The lowest BCUT2D eigenvalue weighted by atomic mass is 9.33. The van der Waals surface area contributed by atoms with Gasteiger partial charge in [-0.05, 0) is 97.4 Å². The van der Waals surface area contributed by atoms with E-state index in [9.17, 15) is 14.4 Å². The maximum Gasteiger partial charge on any atom is 0.302 e. The lowest BCUT2D eigenvalue weighted by Gasteiger charge is -2.70. The Morgan fingerprint density at radius 2 is 1.65 bits per heavy atom. The summed E-state index contributed by atoms with van der Waals surface area (Å²) in [6.45, 7) is 17.5. The first-order chi connectivity index (χ1) is 18.5. The number of amides is 1. The zero-order valence-corrected chi connectivity index (χ0v) is 25.9. The second-order valence-corrected chi connectivity index (χ2v) is 15.9. The molecule has 6 nitrogen and oxygen atoms in total. The minimum absolute atomic E-state index is 0.0623. The fourth-order valence-electron chi connectivity index (χ4n) is 11.0. The Balaban J connectivity index is 1.54. The molecule has 0 spiro atoms.